The Balaban J connectivity index is 2.40. The molecular formula is C12H11NO3. The third-order valence-electron chi connectivity index (χ3n) is 3.10. The van der Waals surface area contributed by atoms with Gasteiger partial charge in [-0.2, -0.15) is 0 Å². The number of phenolic OH excluding ortho intramolecular Hbond substituents is 1. The van der Waals surface area contributed by atoms with Crippen molar-refractivity contribution in [1.82, 2.24) is 0 Å². The molecule has 82 valence electrons. The van der Waals surface area contributed by atoms with E-state index in [0.29, 0.717) is 23.3 Å². The van der Waals surface area contributed by atoms with E-state index in [-0.39, 0.29) is 18.1 Å². The standard InChI is InChI=1S/C12H11NO3/c1-2-6-5-16-9-4-8-7(3-10(14)13-8)12(15)11(6)9/h4,15H,2-3,5H2,1H3. The molecule has 0 unspecified atom stereocenters. The van der Waals surface area contributed by atoms with Crippen LogP contribution < -0.4 is 15.3 Å². The summed E-state index contributed by atoms with van der Waals surface area (Å²) >= 11 is 0. The van der Waals surface area contributed by atoms with E-state index >= 15 is 0 Å². The van der Waals surface area contributed by atoms with E-state index < -0.39 is 0 Å². The number of nitrogens with zero attached hydrogens (tertiary/aromatic N) is 1. The van der Waals surface area contributed by atoms with E-state index in [9.17, 15) is 9.90 Å². The van der Waals surface area contributed by atoms with E-state index in [1.54, 1.807) is 6.07 Å². The Morgan fingerprint density at radius 1 is 1.56 bits per heavy atom. The summed E-state index contributed by atoms with van der Waals surface area (Å²) in [6, 6.07) is 1.75. The Morgan fingerprint density at radius 3 is 3.12 bits per heavy atom. The van der Waals surface area contributed by atoms with Crippen LogP contribution in [-0.2, 0) is 11.2 Å². The van der Waals surface area contributed by atoms with Gasteiger partial charge in [0.25, 0.3) is 5.91 Å². The van der Waals surface area contributed by atoms with Crippen LogP contribution in [0.4, 0.5) is 0 Å². The second-order valence-electron chi connectivity index (χ2n) is 4.02. The average molecular weight is 217 g/mol. The number of carbonyl (C=O) groups is 1. The molecule has 0 bridgehead atoms. The predicted molar refractivity (Wildman–Crippen MR) is 56.8 cm³/mol. The molecule has 1 amide bonds. The number of aromatic hydroxyl groups is 1. The van der Waals surface area contributed by atoms with Gasteiger partial charge in [-0.3, -0.25) is 4.79 Å². The van der Waals surface area contributed by atoms with Gasteiger partial charge in [0.1, 0.15) is 18.1 Å². The molecule has 0 spiro atoms. The zero-order valence-electron chi connectivity index (χ0n) is 8.91. The van der Waals surface area contributed by atoms with Crippen LogP contribution in [-0.4, -0.2) is 17.6 Å². The van der Waals surface area contributed by atoms with Crippen LogP contribution in [0.3, 0.4) is 0 Å². The molecule has 3 rings (SSSR count). The number of phenols is 1. The van der Waals surface area contributed by atoms with Crippen LogP contribution >= 0.6 is 0 Å². The first kappa shape index (κ1) is 9.39. The van der Waals surface area contributed by atoms with Gasteiger partial charge in [-0.25, -0.2) is 4.99 Å². The SMILES string of the molecule is CCC1=c2c(cc3c(c2O)CC(=O)N=3)OC1. The van der Waals surface area contributed by atoms with Crippen molar-refractivity contribution < 1.29 is 14.6 Å². The Morgan fingerprint density at radius 2 is 2.38 bits per heavy atom. The van der Waals surface area contributed by atoms with E-state index in [1.165, 1.54) is 0 Å². The smallest absolute Gasteiger partial charge is 0.250 e. The maximum absolute atomic E-state index is 11.2. The summed E-state index contributed by atoms with van der Waals surface area (Å²) in [6.45, 7) is 2.55. The van der Waals surface area contributed by atoms with Gasteiger partial charge in [-0.05, 0) is 12.0 Å². The molecule has 4 heteroatoms. The summed E-state index contributed by atoms with van der Waals surface area (Å²) in [5, 5.41) is 11.5. The van der Waals surface area contributed by atoms with Crippen LogP contribution in [0, 0.1) is 0 Å². The lowest BCUT2D eigenvalue weighted by Crippen LogP contribution is -2.13. The number of amides is 1. The van der Waals surface area contributed by atoms with Gasteiger partial charge in [-0.1, -0.05) is 6.92 Å². The molecule has 1 aromatic carbocycles. The third-order valence-corrected chi connectivity index (χ3v) is 3.10. The van der Waals surface area contributed by atoms with Crippen LogP contribution in [0.15, 0.2) is 11.1 Å². The zero-order chi connectivity index (χ0) is 11.3. The minimum absolute atomic E-state index is 0.177. The topological polar surface area (TPSA) is 58.9 Å². The van der Waals surface area contributed by atoms with Gasteiger partial charge in [0.05, 0.1) is 17.0 Å². The normalized spacial score (nSPS) is 16.8. The fourth-order valence-corrected chi connectivity index (χ4v) is 2.24. The second kappa shape index (κ2) is 3.07. The molecule has 1 aromatic rings. The van der Waals surface area contributed by atoms with Crippen LogP contribution in [0.2, 0.25) is 0 Å². The number of fused-ring (bicyclic) bond motifs is 2. The highest BCUT2D eigenvalue weighted by Gasteiger charge is 2.23. The molecule has 0 saturated carbocycles. The first-order valence-corrected chi connectivity index (χ1v) is 5.32. The second-order valence-corrected chi connectivity index (χ2v) is 4.02. The number of benzene rings is 1. The third kappa shape index (κ3) is 1.10. The zero-order valence-corrected chi connectivity index (χ0v) is 8.91. The van der Waals surface area contributed by atoms with Gasteiger partial charge in [0.2, 0.25) is 0 Å². The van der Waals surface area contributed by atoms with Crippen molar-refractivity contribution in [3.63, 3.8) is 0 Å². The number of carbonyl (C=O) groups excluding carboxylic acids is 1. The van der Waals surface area contributed by atoms with Gasteiger partial charge in [0.15, 0.2) is 0 Å². The highest BCUT2D eigenvalue weighted by atomic mass is 16.5. The number of hydrogen-bond acceptors (Lipinski definition) is 3. The minimum Gasteiger partial charge on any atom is -0.507 e. The lowest BCUT2D eigenvalue weighted by Gasteiger charge is -2.01. The number of ether oxygens (including phenoxy) is 1. The van der Waals surface area contributed by atoms with Gasteiger partial charge in [0, 0.05) is 11.6 Å². The highest BCUT2D eigenvalue weighted by molar-refractivity contribution is 5.83. The van der Waals surface area contributed by atoms with Crippen molar-refractivity contribution in [2.75, 3.05) is 6.61 Å². The quantitative estimate of drug-likeness (QED) is 0.723. The number of rotatable bonds is 1. The highest BCUT2D eigenvalue weighted by Crippen LogP contribution is 2.23. The average Bonchev–Trinajstić information content (AvgIpc) is 2.81. The lowest BCUT2D eigenvalue weighted by molar-refractivity contribution is -0.116. The fourth-order valence-electron chi connectivity index (χ4n) is 2.24. The Hall–Kier alpha value is -1.84. The summed E-state index contributed by atoms with van der Waals surface area (Å²) in [4.78, 5) is 15.1. The molecule has 0 fully saturated rings. The molecule has 0 aromatic heterocycles. The summed E-state index contributed by atoms with van der Waals surface area (Å²) in [5.74, 6) is 0.620. The van der Waals surface area contributed by atoms with Gasteiger partial charge < -0.3 is 9.84 Å². The van der Waals surface area contributed by atoms with Gasteiger partial charge in [-0.15, -0.1) is 0 Å². The first-order valence-electron chi connectivity index (χ1n) is 5.32. The molecule has 2 aliphatic heterocycles. The predicted octanol–water partition coefficient (Wildman–Crippen LogP) is 0.0476. The molecule has 0 radical (unpaired) electrons. The Bertz CT molecular complexity index is 616. The lowest BCUT2D eigenvalue weighted by atomic mass is 10.1. The van der Waals surface area contributed by atoms with Crippen LogP contribution in [0.1, 0.15) is 18.9 Å². The summed E-state index contributed by atoms with van der Waals surface area (Å²) in [5.41, 5.74) is 1.72. The summed E-state index contributed by atoms with van der Waals surface area (Å²) < 4.78 is 5.47. The molecule has 16 heavy (non-hydrogen) atoms. The van der Waals surface area contributed by atoms with E-state index in [0.717, 1.165) is 17.2 Å². The Labute approximate surface area is 91.9 Å². The molecule has 0 saturated heterocycles. The van der Waals surface area contributed by atoms with Crippen LogP contribution in [0.5, 0.6) is 11.5 Å². The molecule has 0 atom stereocenters. The first-order chi connectivity index (χ1) is 7.70. The molecule has 0 aliphatic carbocycles. The van der Waals surface area contributed by atoms with Crippen molar-refractivity contribution in [3.8, 4) is 11.5 Å². The van der Waals surface area contributed by atoms with E-state index in [4.69, 9.17) is 4.74 Å². The van der Waals surface area contributed by atoms with Crippen molar-refractivity contribution in [2.45, 2.75) is 19.8 Å². The largest absolute Gasteiger partial charge is 0.507 e. The molecule has 2 heterocycles. The van der Waals surface area contributed by atoms with Gasteiger partial charge >= 0.3 is 0 Å². The van der Waals surface area contributed by atoms with Crippen molar-refractivity contribution >= 4 is 11.5 Å². The van der Waals surface area contributed by atoms with E-state index in [1.807, 2.05) is 6.92 Å². The van der Waals surface area contributed by atoms with Crippen molar-refractivity contribution in [3.05, 3.63) is 22.2 Å². The van der Waals surface area contributed by atoms with Crippen LogP contribution in [0.25, 0.3) is 5.57 Å². The summed E-state index contributed by atoms with van der Waals surface area (Å²) in [7, 11) is 0. The molecule has 4 nitrogen and oxygen atoms in total. The Kier molecular flexibility index (Phi) is 1.80. The minimum atomic E-state index is -0.202. The maximum Gasteiger partial charge on any atom is 0.250 e. The fraction of sp³-hybridized carbons (Fsp3) is 0.333. The monoisotopic (exact) mass is 217 g/mol. The summed E-state index contributed by atoms with van der Waals surface area (Å²) in [6.07, 6.45) is 1.04. The maximum atomic E-state index is 11.2. The molecule has 2 aliphatic rings. The number of hydrogen-bond donors (Lipinski definition) is 1. The van der Waals surface area contributed by atoms with Crippen molar-refractivity contribution in [2.24, 2.45) is 4.99 Å². The molecule has 1 N–H and O–H groups in total. The molecular weight excluding hydrogens is 206 g/mol. The van der Waals surface area contributed by atoms with Crippen molar-refractivity contribution in [1.29, 1.82) is 0 Å². The van der Waals surface area contributed by atoms with E-state index in [2.05, 4.69) is 4.99 Å².